The van der Waals surface area contributed by atoms with Crippen LogP contribution in [0.1, 0.15) is 5.56 Å². The molecule has 0 fully saturated rings. The molecule has 0 amide bonds. The molecule has 17 heavy (non-hydrogen) atoms. The van der Waals surface area contributed by atoms with Crippen LogP contribution in [0.15, 0.2) is 29.4 Å². The molecule has 0 bridgehead atoms. The summed E-state index contributed by atoms with van der Waals surface area (Å²) in [5.74, 6) is 0.624. The molecule has 0 aromatic carbocycles. The van der Waals surface area contributed by atoms with Gasteiger partial charge < -0.3 is 5.73 Å². The average molecular weight is 243 g/mol. The second-order valence-electron chi connectivity index (χ2n) is 3.14. The molecule has 0 aliphatic heterocycles. The van der Waals surface area contributed by atoms with Crippen molar-refractivity contribution >= 4 is 17.6 Å². The van der Waals surface area contributed by atoms with E-state index in [0.717, 1.165) is 0 Å². The number of aromatic nitrogens is 3. The molecule has 0 unspecified atom stereocenters. The van der Waals surface area contributed by atoms with Crippen LogP contribution in [0.3, 0.4) is 0 Å². The van der Waals surface area contributed by atoms with E-state index in [0.29, 0.717) is 22.1 Å². The molecule has 6 heteroatoms. The smallest absolute Gasteiger partial charge is 0.181 e. The first-order valence-corrected chi connectivity index (χ1v) is 6.01. The number of hydrogen-bond acceptors (Lipinski definition) is 6. The lowest BCUT2D eigenvalue weighted by atomic mass is 10.3. The van der Waals surface area contributed by atoms with Gasteiger partial charge in [0.25, 0.3) is 0 Å². The average Bonchev–Trinajstić information content (AvgIpc) is 2.38. The van der Waals surface area contributed by atoms with Crippen LogP contribution in [0.4, 0.5) is 5.82 Å². The van der Waals surface area contributed by atoms with E-state index in [2.05, 4.69) is 15.0 Å². The highest BCUT2D eigenvalue weighted by molar-refractivity contribution is 7.98. The first kappa shape index (κ1) is 11.4. The van der Waals surface area contributed by atoms with Gasteiger partial charge in [-0.2, -0.15) is 5.26 Å². The van der Waals surface area contributed by atoms with E-state index in [1.807, 2.05) is 24.5 Å². The van der Waals surface area contributed by atoms with Gasteiger partial charge in [0.15, 0.2) is 5.82 Å². The number of nitriles is 1. The van der Waals surface area contributed by atoms with Crippen LogP contribution in [0.25, 0.3) is 11.5 Å². The maximum absolute atomic E-state index is 8.95. The zero-order valence-electron chi connectivity index (χ0n) is 9.08. The Hall–Kier alpha value is -2.13. The fraction of sp³-hybridized carbons (Fsp3) is 0.0909. The van der Waals surface area contributed by atoms with Crippen LogP contribution in [0.5, 0.6) is 0 Å². The summed E-state index contributed by atoms with van der Waals surface area (Å²) in [6, 6.07) is 7.46. The topological polar surface area (TPSA) is 88.5 Å². The molecule has 5 nitrogen and oxygen atoms in total. The Bertz CT molecular complexity index is 576. The molecule has 2 aromatic heterocycles. The summed E-state index contributed by atoms with van der Waals surface area (Å²) in [6.07, 6.45) is 3.50. The van der Waals surface area contributed by atoms with E-state index in [-0.39, 0.29) is 5.82 Å². The van der Waals surface area contributed by atoms with Gasteiger partial charge in [0.2, 0.25) is 0 Å². The van der Waals surface area contributed by atoms with Crippen molar-refractivity contribution in [3.63, 3.8) is 0 Å². The van der Waals surface area contributed by atoms with Gasteiger partial charge in [0, 0.05) is 6.20 Å². The molecule has 2 heterocycles. The highest BCUT2D eigenvalue weighted by Crippen LogP contribution is 2.24. The molecular weight excluding hydrogens is 234 g/mol. The Morgan fingerprint density at radius 2 is 2.18 bits per heavy atom. The van der Waals surface area contributed by atoms with Gasteiger partial charge in [-0.05, 0) is 18.4 Å². The van der Waals surface area contributed by atoms with Crippen molar-refractivity contribution in [1.82, 2.24) is 15.0 Å². The van der Waals surface area contributed by atoms with Gasteiger partial charge in [0.1, 0.15) is 28.2 Å². The van der Waals surface area contributed by atoms with Gasteiger partial charge in [-0.25, -0.2) is 9.97 Å². The second kappa shape index (κ2) is 4.80. The molecule has 0 saturated heterocycles. The predicted molar refractivity (Wildman–Crippen MR) is 66.2 cm³/mol. The van der Waals surface area contributed by atoms with E-state index < -0.39 is 0 Å². The Kier molecular flexibility index (Phi) is 3.21. The van der Waals surface area contributed by atoms with Crippen molar-refractivity contribution in [1.29, 1.82) is 5.26 Å². The normalized spacial score (nSPS) is 9.88. The summed E-state index contributed by atoms with van der Waals surface area (Å²) in [4.78, 5) is 12.5. The lowest BCUT2D eigenvalue weighted by Gasteiger charge is -2.05. The SMILES string of the molecule is CSc1nc(-c2ccccn2)nc(N)c1C#N. The summed E-state index contributed by atoms with van der Waals surface area (Å²) in [5, 5.41) is 9.52. The number of nitrogens with zero attached hydrogens (tertiary/aromatic N) is 4. The minimum atomic E-state index is 0.188. The molecule has 0 aliphatic rings. The van der Waals surface area contributed by atoms with Gasteiger partial charge in [-0.3, -0.25) is 4.98 Å². The zero-order valence-corrected chi connectivity index (χ0v) is 9.90. The summed E-state index contributed by atoms with van der Waals surface area (Å²) < 4.78 is 0. The zero-order chi connectivity index (χ0) is 12.3. The van der Waals surface area contributed by atoms with Crippen molar-refractivity contribution in [2.24, 2.45) is 0 Å². The Morgan fingerprint density at radius 1 is 1.35 bits per heavy atom. The molecule has 0 radical (unpaired) electrons. The van der Waals surface area contributed by atoms with Crippen LogP contribution in [-0.2, 0) is 0 Å². The quantitative estimate of drug-likeness (QED) is 0.638. The minimum Gasteiger partial charge on any atom is -0.382 e. The molecule has 2 N–H and O–H groups in total. The van der Waals surface area contributed by atoms with Gasteiger partial charge in [-0.15, -0.1) is 11.8 Å². The molecule has 84 valence electrons. The van der Waals surface area contributed by atoms with E-state index >= 15 is 0 Å². The lowest BCUT2D eigenvalue weighted by Crippen LogP contribution is -2.02. The van der Waals surface area contributed by atoms with Crippen LogP contribution < -0.4 is 5.73 Å². The first-order valence-electron chi connectivity index (χ1n) is 4.79. The van der Waals surface area contributed by atoms with Crippen LogP contribution >= 0.6 is 11.8 Å². The maximum Gasteiger partial charge on any atom is 0.181 e. The fourth-order valence-corrected chi connectivity index (χ4v) is 1.85. The fourth-order valence-electron chi connectivity index (χ4n) is 1.32. The largest absolute Gasteiger partial charge is 0.382 e. The number of thioether (sulfide) groups is 1. The third kappa shape index (κ3) is 2.19. The van der Waals surface area contributed by atoms with E-state index in [9.17, 15) is 0 Å². The van der Waals surface area contributed by atoms with Crippen LogP contribution in [0, 0.1) is 11.3 Å². The second-order valence-corrected chi connectivity index (χ2v) is 3.94. The molecular formula is C11H9N5S. The maximum atomic E-state index is 8.95. The number of hydrogen-bond donors (Lipinski definition) is 1. The number of nitrogen functional groups attached to an aromatic ring is 1. The summed E-state index contributed by atoms with van der Waals surface area (Å²) in [6.45, 7) is 0. The summed E-state index contributed by atoms with van der Waals surface area (Å²) in [5.41, 5.74) is 6.69. The Morgan fingerprint density at radius 3 is 2.76 bits per heavy atom. The number of nitrogens with two attached hydrogens (primary N) is 1. The Balaban J connectivity index is 2.59. The molecule has 0 aliphatic carbocycles. The summed E-state index contributed by atoms with van der Waals surface area (Å²) in [7, 11) is 0. The highest BCUT2D eigenvalue weighted by Gasteiger charge is 2.12. The third-order valence-corrected chi connectivity index (χ3v) is 2.79. The van der Waals surface area contributed by atoms with Crippen LogP contribution in [-0.4, -0.2) is 21.2 Å². The standard InChI is InChI=1S/C11H9N5S/c1-17-11-7(6-12)9(13)15-10(16-11)8-4-2-3-5-14-8/h2-5H,1H3,(H2,13,15,16). The highest BCUT2D eigenvalue weighted by atomic mass is 32.2. The van der Waals surface area contributed by atoms with Gasteiger partial charge in [0.05, 0.1) is 0 Å². The number of rotatable bonds is 2. The summed E-state index contributed by atoms with van der Waals surface area (Å²) >= 11 is 1.36. The van der Waals surface area contributed by atoms with Crippen molar-refractivity contribution in [2.45, 2.75) is 5.03 Å². The van der Waals surface area contributed by atoms with E-state index in [1.165, 1.54) is 11.8 Å². The van der Waals surface area contributed by atoms with E-state index in [4.69, 9.17) is 11.0 Å². The van der Waals surface area contributed by atoms with Crippen molar-refractivity contribution in [3.8, 4) is 17.6 Å². The van der Waals surface area contributed by atoms with Crippen molar-refractivity contribution in [3.05, 3.63) is 30.0 Å². The molecule has 0 saturated carbocycles. The van der Waals surface area contributed by atoms with Crippen LogP contribution in [0.2, 0.25) is 0 Å². The molecule has 0 atom stereocenters. The predicted octanol–water partition coefficient (Wildman–Crippen LogP) is 1.71. The molecule has 0 spiro atoms. The lowest BCUT2D eigenvalue weighted by molar-refractivity contribution is 1.04. The number of anilines is 1. The molecule has 2 rings (SSSR count). The van der Waals surface area contributed by atoms with Gasteiger partial charge in [-0.1, -0.05) is 6.07 Å². The van der Waals surface area contributed by atoms with Gasteiger partial charge >= 0.3 is 0 Å². The van der Waals surface area contributed by atoms with Crippen molar-refractivity contribution in [2.75, 3.05) is 12.0 Å². The van der Waals surface area contributed by atoms with E-state index in [1.54, 1.807) is 12.3 Å². The third-order valence-electron chi connectivity index (χ3n) is 2.10. The monoisotopic (exact) mass is 243 g/mol. The minimum absolute atomic E-state index is 0.188. The van der Waals surface area contributed by atoms with Crippen molar-refractivity contribution < 1.29 is 0 Å². The number of pyridine rings is 1. The first-order chi connectivity index (χ1) is 8.26. The molecule has 2 aromatic rings. The Labute approximate surface area is 103 Å².